The van der Waals surface area contributed by atoms with Gasteiger partial charge in [-0.05, 0) is 73.5 Å². The predicted octanol–water partition coefficient (Wildman–Crippen LogP) is 11.7. The maximum Gasteiger partial charge on any atom is 0.164 e. The third kappa shape index (κ3) is 5.03. The molecule has 9 rings (SSSR count). The fourth-order valence-corrected chi connectivity index (χ4v) is 7.46. The van der Waals surface area contributed by atoms with Gasteiger partial charge < -0.3 is 0 Å². The Morgan fingerprint density at radius 2 is 0.857 bits per heavy atom. The molecule has 7 aromatic carbocycles. The maximum absolute atomic E-state index is 4.95. The zero-order valence-corrected chi connectivity index (χ0v) is 27.4. The number of benzene rings is 7. The van der Waals surface area contributed by atoms with Gasteiger partial charge in [0, 0.05) is 22.1 Å². The Labute approximate surface area is 286 Å². The molecule has 0 unspecified atom stereocenters. The van der Waals surface area contributed by atoms with E-state index < -0.39 is 0 Å². The van der Waals surface area contributed by atoms with Gasteiger partial charge in [0.15, 0.2) is 17.5 Å². The van der Waals surface area contributed by atoms with Gasteiger partial charge in [-0.25, -0.2) is 15.0 Å². The summed E-state index contributed by atoms with van der Waals surface area (Å²) in [4.78, 5) is 14.8. The van der Waals surface area contributed by atoms with Gasteiger partial charge >= 0.3 is 0 Å². The first-order chi connectivity index (χ1) is 24.0. The van der Waals surface area contributed by atoms with Crippen LogP contribution in [-0.4, -0.2) is 15.0 Å². The van der Waals surface area contributed by atoms with Gasteiger partial charge in [0.25, 0.3) is 0 Å². The first-order valence-corrected chi connectivity index (χ1v) is 16.8. The van der Waals surface area contributed by atoms with E-state index in [2.05, 4.69) is 117 Å². The van der Waals surface area contributed by atoms with Gasteiger partial charge in [-0.3, -0.25) is 0 Å². The SMILES string of the molecule is CC1(C)c2ccccc2-c2ccc3cc(-c4cccc(-c5cccc(-c6nc(-c7ccccc7)nc(-c7ccccc7)n6)c5)c4)ccc3c21. The molecule has 0 atom stereocenters. The minimum Gasteiger partial charge on any atom is -0.208 e. The molecule has 0 saturated heterocycles. The Morgan fingerprint density at radius 3 is 1.49 bits per heavy atom. The molecule has 3 nitrogen and oxygen atoms in total. The second kappa shape index (κ2) is 11.5. The standard InChI is InChI=1S/C46H33N3/c1-46(2)41-22-10-9-21-39(41)40-26-24-36-28-35(23-25-38(36)42(40)46)33-18-11-17-32(27-33)34-19-12-20-37(29-34)45-48-43(30-13-5-3-6-14-30)47-44(49-45)31-15-7-4-8-16-31/h3-29H,1-2H3. The van der Waals surface area contributed by atoms with E-state index in [0.29, 0.717) is 17.5 Å². The highest BCUT2D eigenvalue weighted by Crippen LogP contribution is 2.51. The number of hydrogen-bond acceptors (Lipinski definition) is 3. The topological polar surface area (TPSA) is 38.7 Å². The van der Waals surface area contributed by atoms with E-state index in [1.165, 1.54) is 44.2 Å². The number of aromatic nitrogens is 3. The summed E-state index contributed by atoms with van der Waals surface area (Å²) in [6.07, 6.45) is 0. The highest BCUT2D eigenvalue weighted by Gasteiger charge is 2.36. The first-order valence-electron chi connectivity index (χ1n) is 16.8. The van der Waals surface area contributed by atoms with Gasteiger partial charge in [0.05, 0.1) is 0 Å². The lowest BCUT2D eigenvalue weighted by Crippen LogP contribution is -2.15. The van der Waals surface area contributed by atoms with Gasteiger partial charge in [-0.15, -0.1) is 0 Å². The van der Waals surface area contributed by atoms with Crippen molar-refractivity contribution >= 4 is 10.8 Å². The van der Waals surface area contributed by atoms with Crippen LogP contribution in [0.5, 0.6) is 0 Å². The van der Waals surface area contributed by atoms with Crippen LogP contribution in [0.3, 0.4) is 0 Å². The zero-order valence-electron chi connectivity index (χ0n) is 27.4. The number of rotatable bonds is 5. The molecule has 8 aromatic rings. The van der Waals surface area contributed by atoms with E-state index in [-0.39, 0.29) is 5.41 Å². The molecule has 1 heterocycles. The summed E-state index contributed by atoms with van der Waals surface area (Å²) in [7, 11) is 0. The van der Waals surface area contributed by atoms with E-state index in [1.54, 1.807) is 0 Å². The van der Waals surface area contributed by atoms with E-state index in [0.717, 1.165) is 27.8 Å². The number of fused-ring (bicyclic) bond motifs is 5. The Morgan fingerprint density at radius 1 is 0.367 bits per heavy atom. The Bertz CT molecular complexity index is 2460. The van der Waals surface area contributed by atoms with Crippen LogP contribution in [0.25, 0.3) is 78.3 Å². The predicted molar refractivity (Wildman–Crippen MR) is 202 cm³/mol. The normalized spacial score (nSPS) is 12.9. The molecule has 49 heavy (non-hydrogen) atoms. The van der Waals surface area contributed by atoms with E-state index in [9.17, 15) is 0 Å². The Balaban J connectivity index is 1.09. The van der Waals surface area contributed by atoms with E-state index in [1.807, 2.05) is 60.7 Å². The van der Waals surface area contributed by atoms with Crippen LogP contribution < -0.4 is 0 Å². The quantitative estimate of drug-likeness (QED) is 0.191. The minimum absolute atomic E-state index is 0.0415. The Hall–Kier alpha value is -6.19. The first kappa shape index (κ1) is 29.0. The van der Waals surface area contributed by atoms with Crippen molar-refractivity contribution in [3.63, 3.8) is 0 Å². The molecule has 0 fully saturated rings. The highest BCUT2D eigenvalue weighted by molar-refractivity contribution is 5.99. The third-order valence-electron chi connectivity index (χ3n) is 9.88. The van der Waals surface area contributed by atoms with Crippen LogP contribution in [0.2, 0.25) is 0 Å². The van der Waals surface area contributed by atoms with Crippen molar-refractivity contribution in [1.82, 2.24) is 15.0 Å². The molecule has 0 amide bonds. The van der Waals surface area contributed by atoms with Crippen molar-refractivity contribution in [1.29, 1.82) is 0 Å². The summed E-state index contributed by atoms with van der Waals surface area (Å²) in [5, 5.41) is 2.59. The molecule has 1 aliphatic carbocycles. The van der Waals surface area contributed by atoms with Crippen molar-refractivity contribution in [2.24, 2.45) is 0 Å². The second-order valence-electron chi connectivity index (χ2n) is 13.3. The van der Waals surface area contributed by atoms with Crippen molar-refractivity contribution in [2.45, 2.75) is 19.3 Å². The van der Waals surface area contributed by atoms with Gasteiger partial charge in [0.2, 0.25) is 0 Å². The summed E-state index contributed by atoms with van der Waals surface area (Å²) in [5.74, 6) is 1.97. The van der Waals surface area contributed by atoms with Crippen LogP contribution in [0.1, 0.15) is 25.0 Å². The molecule has 1 aliphatic rings. The average molecular weight is 628 g/mol. The Kier molecular flexibility index (Phi) is 6.80. The largest absolute Gasteiger partial charge is 0.208 e. The summed E-state index contributed by atoms with van der Waals surface area (Å²) in [5.41, 5.74) is 13.0. The lowest BCUT2D eigenvalue weighted by Gasteiger charge is -2.23. The molecule has 0 bridgehead atoms. The van der Waals surface area contributed by atoms with Crippen LogP contribution in [0.15, 0.2) is 164 Å². The average Bonchev–Trinajstić information content (AvgIpc) is 3.41. The molecule has 232 valence electrons. The number of nitrogens with zero attached hydrogens (tertiary/aromatic N) is 3. The van der Waals surface area contributed by atoms with Crippen LogP contribution in [0.4, 0.5) is 0 Å². The summed E-state index contributed by atoms with van der Waals surface area (Å²) >= 11 is 0. The van der Waals surface area contributed by atoms with Gasteiger partial charge in [-0.1, -0.05) is 159 Å². The van der Waals surface area contributed by atoms with Crippen molar-refractivity contribution in [3.8, 4) is 67.5 Å². The van der Waals surface area contributed by atoms with Crippen molar-refractivity contribution in [3.05, 3.63) is 175 Å². The zero-order chi connectivity index (χ0) is 33.0. The number of hydrogen-bond donors (Lipinski definition) is 0. The van der Waals surface area contributed by atoms with Crippen LogP contribution in [0, 0.1) is 0 Å². The smallest absolute Gasteiger partial charge is 0.164 e. The fourth-order valence-electron chi connectivity index (χ4n) is 7.46. The minimum atomic E-state index is -0.0415. The van der Waals surface area contributed by atoms with Crippen molar-refractivity contribution < 1.29 is 0 Å². The molecule has 0 radical (unpaired) electrons. The maximum atomic E-state index is 4.95. The van der Waals surface area contributed by atoms with Crippen LogP contribution in [-0.2, 0) is 5.41 Å². The van der Waals surface area contributed by atoms with Gasteiger partial charge in [0.1, 0.15) is 0 Å². The molecule has 3 heteroatoms. The third-order valence-corrected chi connectivity index (χ3v) is 9.88. The lowest BCUT2D eigenvalue weighted by molar-refractivity contribution is 0.666. The molecule has 0 spiro atoms. The fraction of sp³-hybridized carbons (Fsp3) is 0.0652. The van der Waals surface area contributed by atoms with E-state index >= 15 is 0 Å². The molecule has 0 aliphatic heterocycles. The van der Waals surface area contributed by atoms with Crippen LogP contribution >= 0.6 is 0 Å². The molecule has 0 saturated carbocycles. The molecule has 0 N–H and O–H groups in total. The van der Waals surface area contributed by atoms with E-state index in [4.69, 9.17) is 15.0 Å². The lowest BCUT2D eigenvalue weighted by atomic mass is 9.80. The molecular weight excluding hydrogens is 595 g/mol. The van der Waals surface area contributed by atoms with Crippen molar-refractivity contribution in [2.75, 3.05) is 0 Å². The second-order valence-corrected chi connectivity index (χ2v) is 13.3. The van der Waals surface area contributed by atoms with Gasteiger partial charge in [-0.2, -0.15) is 0 Å². The summed E-state index contributed by atoms with van der Waals surface area (Å²) < 4.78 is 0. The molecular formula is C46H33N3. The summed E-state index contributed by atoms with van der Waals surface area (Å²) in [6, 6.07) is 57.9. The highest BCUT2D eigenvalue weighted by atomic mass is 15.0. The monoisotopic (exact) mass is 627 g/mol. The molecule has 1 aromatic heterocycles. The summed E-state index contributed by atoms with van der Waals surface area (Å²) in [6.45, 7) is 4.70.